The van der Waals surface area contributed by atoms with E-state index in [9.17, 15) is 9.59 Å². The van der Waals surface area contributed by atoms with Crippen molar-refractivity contribution in [2.45, 2.75) is 25.7 Å². The molecule has 6 heteroatoms. The minimum Gasteiger partial charge on any atom is -0.394 e. The summed E-state index contributed by atoms with van der Waals surface area (Å²) in [6.07, 6.45) is 4.75. The van der Waals surface area contributed by atoms with Gasteiger partial charge in [-0.15, -0.1) is 0 Å². The number of hydrogen-bond acceptors (Lipinski definition) is 4. The van der Waals surface area contributed by atoms with Crippen LogP contribution in [0.3, 0.4) is 0 Å². The van der Waals surface area contributed by atoms with Crippen LogP contribution in [-0.4, -0.2) is 27.4 Å². The van der Waals surface area contributed by atoms with Gasteiger partial charge in [-0.1, -0.05) is 6.08 Å². The lowest BCUT2D eigenvalue weighted by molar-refractivity contribution is -0.0582. The van der Waals surface area contributed by atoms with Gasteiger partial charge in [0, 0.05) is 11.8 Å². The molecule has 1 aliphatic rings. The molecule has 0 radical (unpaired) electrons. The van der Waals surface area contributed by atoms with Crippen LogP contribution in [0.2, 0.25) is 0 Å². The first-order chi connectivity index (χ1) is 8.11. The zero-order valence-electron chi connectivity index (χ0n) is 9.42. The highest BCUT2D eigenvalue weighted by molar-refractivity contribution is 5.04. The minimum absolute atomic E-state index is 0.0993. The third-order valence-electron chi connectivity index (χ3n) is 2.66. The number of nitrogens with one attached hydrogen (secondary N) is 1. The molecule has 0 unspecified atom stereocenters. The normalized spacial score (nSPS) is 23.9. The van der Waals surface area contributed by atoms with Crippen LogP contribution in [0.15, 0.2) is 27.9 Å². The Labute approximate surface area is 97.2 Å². The van der Waals surface area contributed by atoms with Gasteiger partial charge >= 0.3 is 5.69 Å². The van der Waals surface area contributed by atoms with Crippen molar-refractivity contribution in [2.75, 3.05) is 6.61 Å². The van der Waals surface area contributed by atoms with Gasteiger partial charge in [-0.3, -0.25) is 14.3 Å². The molecule has 0 saturated carbocycles. The third-order valence-corrected chi connectivity index (χ3v) is 2.66. The summed E-state index contributed by atoms with van der Waals surface area (Å²) in [5, 5.41) is 9.02. The number of aliphatic hydroxyl groups excluding tert-OH is 1. The second kappa shape index (κ2) is 4.68. The molecule has 92 valence electrons. The Hall–Kier alpha value is -1.66. The molecule has 0 spiro atoms. The second-order valence-electron chi connectivity index (χ2n) is 3.97. The van der Waals surface area contributed by atoms with E-state index in [0.717, 1.165) is 0 Å². The lowest BCUT2D eigenvalue weighted by atomic mass is 10.2. The smallest absolute Gasteiger partial charge is 0.330 e. The Bertz CT molecular complexity index is 543. The van der Waals surface area contributed by atoms with E-state index in [2.05, 4.69) is 4.98 Å². The number of ether oxygens (including phenoxy) is 1. The Balaban J connectivity index is 2.38. The zero-order chi connectivity index (χ0) is 12.4. The van der Waals surface area contributed by atoms with Gasteiger partial charge in [0.1, 0.15) is 0 Å². The van der Waals surface area contributed by atoms with Crippen molar-refractivity contribution in [2.24, 2.45) is 0 Å². The molecule has 0 saturated heterocycles. The zero-order valence-corrected chi connectivity index (χ0v) is 9.42. The van der Waals surface area contributed by atoms with Crippen molar-refractivity contribution < 1.29 is 9.84 Å². The summed E-state index contributed by atoms with van der Waals surface area (Å²) in [4.78, 5) is 25.1. The number of nitrogens with zero attached hydrogens (tertiary/aromatic N) is 1. The highest BCUT2D eigenvalue weighted by Crippen LogP contribution is 2.18. The van der Waals surface area contributed by atoms with Gasteiger partial charge in [-0.2, -0.15) is 0 Å². The van der Waals surface area contributed by atoms with Crippen molar-refractivity contribution in [1.82, 2.24) is 9.55 Å². The summed E-state index contributed by atoms with van der Waals surface area (Å²) in [5.74, 6) is 0. The molecule has 0 amide bonds. The van der Waals surface area contributed by atoms with Gasteiger partial charge in [0.05, 0.1) is 12.7 Å². The van der Waals surface area contributed by atoms with E-state index in [1.54, 1.807) is 13.0 Å². The maximum Gasteiger partial charge on any atom is 0.330 e. The standard InChI is InChI=1S/C11H14N2O4/c1-7-5-13(11(16)12-10(7)15)9-4-2-3-8(6-14)17-9/h2,4-5,8-9,14H,3,6H2,1H3,(H,12,15,16)/t8-,9-/m0/s1. The van der Waals surface area contributed by atoms with Crippen molar-refractivity contribution >= 4 is 0 Å². The van der Waals surface area contributed by atoms with Gasteiger partial charge in [0.2, 0.25) is 0 Å². The largest absolute Gasteiger partial charge is 0.394 e. The number of aryl methyl sites for hydroxylation is 1. The summed E-state index contributed by atoms with van der Waals surface area (Å²) in [7, 11) is 0. The molecule has 2 rings (SSSR count). The molecule has 1 aliphatic heterocycles. The van der Waals surface area contributed by atoms with E-state index in [-0.39, 0.29) is 12.7 Å². The number of aromatic nitrogens is 2. The molecule has 17 heavy (non-hydrogen) atoms. The molecule has 1 aromatic heterocycles. The minimum atomic E-state index is -0.580. The van der Waals surface area contributed by atoms with Crippen LogP contribution in [0.5, 0.6) is 0 Å². The fourth-order valence-corrected chi connectivity index (χ4v) is 1.70. The van der Waals surface area contributed by atoms with E-state index in [4.69, 9.17) is 9.84 Å². The molecule has 2 heterocycles. The second-order valence-corrected chi connectivity index (χ2v) is 3.97. The van der Waals surface area contributed by atoms with Crippen molar-refractivity contribution in [3.8, 4) is 0 Å². The van der Waals surface area contributed by atoms with E-state index in [1.807, 2.05) is 6.08 Å². The van der Waals surface area contributed by atoms with Crippen molar-refractivity contribution in [1.29, 1.82) is 0 Å². The van der Waals surface area contributed by atoms with Gasteiger partial charge in [0.15, 0.2) is 6.23 Å². The lowest BCUT2D eigenvalue weighted by Gasteiger charge is -2.25. The number of rotatable bonds is 2. The molecule has 6 nitrogen and oxygen atoms in total. The first-order valence-electron chi connectivity index (χ1n) is 5.37. The average Bonchev–Trinajstić information content (AvgIpc) is 2.34. The van der Waals surface area contributed by atoms with Gasteiger partial charge < -0.3 is 9.84 Å². The molecule has 0 bridgehead atoms. The van der Waals surface area contributed by atoms with Crippen molar-refractivity contribution in [3.05, 3.63) is 44.8 Å². The Morgan fingerprint density at radius 2 is 2.35 bits per heavy atom. The average molecular weight is 238 g/mol. The van der Waals surface area contributed by atoms with Gasteiger partial charge in [0.25, 0.3) is 5.56 Å². The molecule has 2 N–H and O–H groups in total. The quantitative estimate of drug-likeness (QED) is 0.692. The fraction of sp³-hybridized carbons (Fsp3) is 0.455. The molecule has 2 atom stereocenters. The molecular formula is C11H14N2O4. The van der Waals surface area contributed by atoms with E-state index in [1.165, 1.54) is 10.8 Å². The van der Waals surface area contributed by atoms with Crippen molar-refractivity contribution in [3.63, 3.8) is 0 Å². The SMILES string of the molecule is Cc1cn([C@@H]2C=CC[C@@H](CO)O2)c(=O)[nH]c1=O. The van der Waals surface area contributed by atoms with Crippen LogP contribution in [0.4, 0.5) is 0 Å². The maximum absolute atomic E-state index is 11.6. The highest BCUT2D eigenvalue weighted by atomic mass is 16.5. The maximum atomic E-state index is 11.6. The molecule has 1 aromatic rings. The topological polar surface area (TPSA) is 84.3 Å². The number of aromatic amines is 1. The molecule has 0 aliphatic carbocycles. The predicted molar refractivity (Wildman–Crippen MR) is 60.8 cm³/mol. The summed E-state index contributed by atoms with van der Waals surface area (Å²) in [6.45, 7) is 1.52. The summed E-state index contributed by atoms with van der Waals surface area (Å²) in [5.41, 5.74) is -0.480. The van der Waals surface area contributed by atoms with Crippen LogP contribution < -0.4 is 11.2 Å². The third kappa shape index (κ3) is 2.37. The number of H-pyrrole nitrogens is 1. The van der Waals surface area contributed by atoms with Crippen LogP contribution in [0, 0.1) is 6.92 Å². The fourth-order valence-electron chi connectivity index (χ4n) is 1.70. The Morgan fingerprint density at radius 3 is 3.06 bits per heavy atom. The Morgan fingerprint density at radius 1 is 1.59 bits per heavy atom. The first-order valence-corrected chi connectivity index (χ1v) is 5.37. The van der Waals surface area contributed by atoms with E-state index in [0.29, 0.717) is 12.0 Å². The summed E-state index contributed by atoms with van der Waals surface area (Å²) >= 11 is 0. The van der Waals surface area contributed by atoms with Crippen LogP contribution >= 0.6 is 0 Å². The highest BCUT2D eigenvalue weighted by Gasteiger charge is 2.19. The monoisotopic (exact) mass is 238 g/mol. The van der Waals surface area contributed by atoms with Gasteiger partial charge in [-0.05, 0) is 19.4 Å². The predicted octanol–water partition coefficient (Wildman–Crippen LogP) is -0.319. The number of hydrogen-bond donors (Lipinski definition) is 2. The lowest BCUT2D eigenvalue weighted by Crippen LogP contribution is -2.36. The first kappa shape index (κ1) is 11.8. The molecule has 0 aromatic carbocycles. The molecule has 0 fully saturated rings. The molecular weight excluding hydrogens is 224 g/mol. The summed E-state index contributed by atoms with van der Waals surface area (Å²) < 4.78 is 6.80. The van der Waals surface area contributed by atoms with E-state index < -0.39 is 17.5 Å². The summed E-state index contributed by atoms with van der Waals surface area (Å²) in [6, 6.07) is 0. The van der Waals surface area contributed by atoms with Crippen LogP contribution in [0.1, 0.15) is 18.2 Å². The van der Waals surface area contributed by atoms with Gasteiger partial charge in [-0.25, -0.2) is 4.79 Å². The number of aliphatic hydroxyl groups is 1. The Kier molecular flexibility index (Phi) is 3.26. The van der Waals surface area contributed by atoms with E-state index >= 15 is 0 Å². The van der Waals surface area contributed by atoms with Crippen LogP contribution in [-0.2, 0) is 4.74 Å². The van der Waals surface area contributed by atoms with Crippen LogP contribution in [0.25, 0.3) is 0 Å².